The topological polar surface area (TPSA) is 40.6 Å². The van der Waals surface area contributed by atoms with Crippen LogP contribution in [0, 0.1) is 0 Å². The third kappa shape index (κ3) is 2.92. The van der Waals surface area contributed by atoms with Gasteiger partial charge in [0, 0.05) is 30.9 Å². The van der Waals surface area contributed by atoms with Crippen molar-refractivity contribution in [3.05, 3.63) is 30.3 Å². The molecule has 0 spiro atoms. The molecule has 1 fully saturated rings. The Hall–Kier alpha value is -1.07. The summed E-state index contributed by atoms with van der Waals surface area (Å²) in [5.74, 6) is 0.178. The predicted octanol–water partition coefficient (Wildman–Crippen LogP) is 1.94. The van der Waals surface area contributed by atoms with Gasteiger partial charge in [0.1, 0.15) is 0 Å². The van der Waals surface area contributed by atoms with Crippen LogP contribution in [0.3, 0.4) is 0 Å². The lowest BCUT2D eigenvalue weighted by atomic mass is 10.1. The fourth-order valence-electron chi connectivity index (χ4n) is 2.79. The van der Waals surface area contributed by atoms with Gasteiger partial charge >= 0.3 is 0 Å². The molecule has 1 aromatic rings. The average Bonchev–Trinajstić information content (AvgIpc) is 2.39. The minimum Gasteiger partial charge on any atom is -0.363 e. The molecule has 0 N–H and O–H groups in total. The molecule has 0 radical (unpaired) electrons. The van der Waals surface area contributed by atoms with Crippen molar-refractivity contribution in [1.29, 1.82) is 0 Å². The fourth-order valence-corrected chi connectivity index (χ4v) is 4.04. The molecule has 2 atom stereocenters. The maximum Gasteiger partial charge on any atom is 0.213 e. The third-order valence-electron chi connectivity index (χ3n) is 3.70. The van der Waals surface area contributed by atoms with Crippen LogP contribution in [-0.2, 0) is 10.0 Å². The lowest BCUT2D eigenvalue weighted by molar-refractivity contribution is 0.302. The van der Waals surface area contributed by atoms with Gasteiger partial charge in [-0.3, -0.25) is 0 Å². The monoisotopic (exact) mass is 282 g/mol. The Labute approximate surface area is 116 Å². The minimum absolute atomic E-state index is 0.178. The third-order valence-corrected chi connectivity index (χ3v) is 5.51. The molecule has 0 amide bonds. The Kier molecular flexibility index (Phi) is 4.16. The van der Waals surface area contributed by atoms with Gasteiger partial charge in [-0.2, -0.15) is 4.31 Å². The molecule has 106 valence electrons. The molecule has 5 heteroatoms. The highest BCUT2D eigenvalue weighted by molar-refractivity contribution is 7.89. The number of hydrogen-bond donors (Lipinski definition) is 0. The van der Waals surface area contributed by atoms with Gasteiger partial charge in [-0.05, 0) is 32.9 Å². The Bertz CT molecular complexity index is 504. The molecular formula is C14H22N2O2S. The highest BCUT2D eigenvalue weighted by Gasteiger charge is 2.34. The predicted molar refractivity (Wildman–Crippen MR) is 78.9 cm³/mol. The van der Waals surface area contributed by atoms with Crippen LogP contribution >= 0.6 is 0 Å². The molecule has 19 heavy (non-hydrogen) atoms. The van der Waals surface area contributed by atoms with Crippen molar-refractivity contribution in [2.45, 2.75) is 32.9 Å². The van der Waals surface area contributed by atoms with Gasteiger partial charge in [-0.25, -0.2) is 8.42 Å². The number of para-hydroxylation sites is 1. The SMILES string of the molecule is CCS(=O)(=O)N1CC(C)N(c2ccccc2)C(C)C1. The van der Waals surface area contributed by atoms with E-state index >= 15 is 0 Å². The lowest BCUT2D eigenvalue weighted by Crippen LogP contribution is -2.58. The van der Waals surface area contributed by atoms with E-state index < -0.39 is 10.0 Å². The van der Waals surface area contributed by atoms with Crippen LogP contribution in [0.1, 0.15) is 20.8 Å². The summed E-state index contributed by atoms with van der Waals surface area (Å²) in [4.78, 5) is 2.31. The first-order valence-electron chi connectivity index (χ1n) is 6.77. The molecule has 0 bridgehead atoms. The second-order valence-electron chi connectivity index (χ2n) is 5.16. The highest BCUT2D eigenvalue weighted by atomic mass is 32.2. The normalized spacial score (nSPS) is 25.5. The van der Waals surface area contributed by atoms with Crippen LogP contribution in [0.25, 0.3) is 0 Å². The van der Waals surface area contributed by atoms with E-state index in [9.17, 15) is 8.42 Å². The minimum atomic E-state index is -3.09. The molecule has 0 aliphatic carbocycles. The summed E-state index contributed by atoms with van der Waals surface area (Å²) in [7, 11) is -3.09. The molecule has 1 heterocycles. The smallest absolute Gasteiger partial charge is 0.213 e. The van der Waals surface area contributed by atoms with Crippen LogP contribution < -0.4 is 4.90 Å². The summed E-state index contributed by atoms with van der Waals surface area (Å²) in [5.41, 5.74) is 1.16. The molecule has 1 saturated heterocycles. The Morgan fingerprint density at radius 2 is 1.63 bits per heavy atom. The Morgan fingerprint density at radius 1 is 1.11 bits per heavy atom. The van der Waals surface area contributed by atoms with Crippen molar-refractivity contribution >= 4 is 15.7 Å². The van der Waals surface area contributed by atoms with E-state index in [4.69, 9.17) is 0 Å². The van der Waals surface area contributed by atoms with E-state index in [1.807, 2.05) is 18.2 Å². The molecule has 2 rings (SSSR count). The largest absolute Gasteiger partial charge is 0.363 e. The second kappa shape index (κ2) is 5.51. The van der Waals surface area contributed by atoms with E-state index in [0.29, 0.717) is 13.1 Å². The van der Waals surface area contributed by atoms with Gasteiger partial charge in [0.15, 0.2) is 0 Å². The number of benzene rings is 1. The summed E-state index contributed by atoms with van der Waals surface area (Å²) in [6.45, 7) is 7.00. The van der Waals surface area contributed by atoms with Crippen LogP contribution in [0.5, 0.6) is 0 Å². The summed E-state index contributed by atoms with van der Waals surface area (Å²) >= 11 is 0. The van der Waals surface area contributed by atoms with Crippen molar-refractivity contribution < 1.29 is 8.42 Å². The van der Waals surface area contributed by atoms with Crippen LogP contribution in [0.2, 0.25) is 0 Å². The number of sulfonamides is 1. The van der Waals surface area contributed by atoms with Gasteiger partial charge in [-0.1, -0.05) is 18.2 Å². The van der Waals surface area contributed by atoms with Crippen LogP contribution in [0.15, 0.2) is 30.3 Å². The summed E-state index contributed by atoms with van der Waals surface area (Å²) in [5, 5.41) is 0. The van der Waals surface area contributed by atoms with Crippen molar-refractivity contribution in [1.82, 2.24) is 4.31 Å². The van der Waals surface area contributed by atoms with E-state index in [0.717, 1.165) is 5.69 Å². The van der Waals surface area contributed by atoms with Gasteiger partial charge in [-0.15, -0.1) is 0 Å². The van der Waals surface area contributed by atoms with E-state index in [-0.39, 0.29) is 17.8 Å². The number of hydrogen-bond acceptors (Lipinski definition) is 3. The Balaban J connectivity index is 2.21. The average molecular weight is 282 g/mol. The number of piperazine rings is 1. The van der Waals surface area contributed by atoms with E-state index in [1.54, 1.807) is 11.2 Å². The van der Waals surface area contributed by atoms with Crippen LogP contribution in [-0.4, -0.2) is 43.6 Å². The summed E-state index contributed by atoms with van der Waals surface area (Å²) in [6, 6.07) is 10.6. The van der Waals surface area contributed by atoms with Gasteiger partial charge in [0.05, 0.1) is 5.75 Å². The van der Waals surface area contributed by atoms with Crippen molar-refractivity contribution in [2.24, 2.45) is 0 Å². The first-order chi connectivity index (χ1) is 8.95. The highest BCUT2D eigenvalue weighted by Crippen LogP contribution is 2.25. The standard InChI is InChI=1S/C14H22N2O2S/c1-4-19(17,18)15-10-12(2)16(13(3)11-15)14-8-6-5-7-9-14/h5-9,12-13H,4,10-11H2,1-3H3. The number of rotatable bonds is 3. The zero-order valence-electron chi connectivity index (χ0n) is 11.8. The number of nitrogens with zero attached hydrogens (tertiary/aromatic N) is 2. The maximum absolute atomic E-state index is 12.0. The van der Waals surface area contributed by atoms with E-state index in [1.165, 1.54) is 0 Å². The number of anilines is 1. The molecule has 1 aromatic carbocycles. The quantitative estimate of drug-likeness (QED) is 0.850. The fraction of sp³-hybridized carbons (Fsp3) is 0.571. The molecule has 1 aliphatic rings. The van der Waals surface area contributed by atoms with Gasteiger partial charge < -0.3 is 4.90 Å². The molecule has 2 unspecified atom stereocenters. The van der Waals surface area contributed by atoms with Gasteiger partial charge in [0.25, 0.3) is 0 Å². The molecule has 4 nitrogen and oxygen atoms in total. The maximum atomic E-state index is 12.0. The molecule has 1 aliphatic heterocycles. The zero-order chi connectivity index (χ0) is 14.0. The van der Waals surface area contributed by atoms with Gasteiger partial charge in [0.2, 0.25) is 10.0 Å². The molecule has 0 aromatic heterocycles. The van der Waals surface area contributed by atoms with E-state index in [2.05, 4.69) is 30.9 Å². The van der Waals surface area contributed by atoms with Crippen molar-refractivity contribution in [2.75, 3.05) is 23.7 Å². The second-order valence-corrected chi connectivity index (χ2v) is 7.42. The summed E-state index contributed by atoms with van der Waals surface area (Å²) < 4.78 is 25.6. The lowest BCUT2D eigenvalue weighted by Gasteiger charge is -2.45. The first-order valence-corrected chi connectivity index (χ1v) is 8.38. The Morgan fingerprint density at radius 3 is 2.11 bits per heavy atom. The molecular weight excluding hydrogens is 260 g/mol. The zero-order valence-corrected chi connectivity index (χ0v) is 12.6. The summed E-state index contributed by atoms with van der Waals surface area (Å²) in [6.07, 6.45) is 0. The van der Waals surface area contributed by atoms with Crippen molar-refractivity contribution in [3.63, 3.8) is 0 Å². The molecule has 0 saturated carbocycles. The van der Waals surface area contributed by atoms with Crippen molar-refractivity contribution in [3.8, 4) is 0 Å². The van der Waals surface area contributed by atoms with Crippen LogP contribution in [0.4, 0.5) is 5.69 Å². The first kappa shape index (κ1) is 14.3.